The van der Waals surface area contributed by atoms with Crippen molar-refractivity contribution in [1.82, 2.24) is 4.98 Å². The van der Waals surface area contributed by atoms with Crippen LogP contribution < -0.4 is 0 Å². The summed E-state index contributed by atoms with van der Waals surface area (Å²) in [6.07, 6.45) is 0.540. The molecule has 1 aromatic rings. The third-order valence-corrected chi connectivity index (χ3v) is 2.71. The van der Waals surface area contributed by atoms with E-state index >= 15 is 0 Å². The topological polar surface area (TPSA) is 70.4 Å². The Morgan fingerprint density at radius 2 is 2.31 bits per heavy atom. The van der Waals surface area contributed by atoms with Gasteiger partial charge in [0.1, 0.15) is 0 Å². The Kier molecular flexibility index (Phi) is 3.39. The van der Waals surface area contributed by atoms with Gasteiger partial charge in [0.05, 0.1) is 23.7 Å². The summed E-state index contributed by atoms with van der Waals surface area (Å²) in [7, 11) is 0. The number of hydrogen-bond acceptors (Lipinski definition) is 4. The lowest BCUT2D eigenvalue weighted by atomic mass is 10.3. The Bertz CT molecular complexity index is 308. The molecule has 0 aliphatic rings. The van der Waals surface area contributed by atoms with Crippen molar-refractivity contribution in [3.8, 4) is 0 Å². The number of hydrogen-bond donors (Lipinski definition) is 2. The summed E-state index contributed by atoms with van der Waals surface area (Å²) >= 11 is 1.45. The van der Waals surface area contributed by atoms with Crippen LogP contribution in [-0.4, -0.2) is 21.2 Å². The Labute approximate surface area is 79.9 Å². The predicted octanol–water partition coefficient (Wildman–Crippen LogP) is 0.961. The number of carboxylic acid groups (broad SMARTS) is 1. The molecule has 0 saturated heterocycles. The van der Waals surface area contributed by atoms with Crippen LogP contribution >= 0.6 is 11.3 Å². The maximum atomic E-state index is 10.3. The molecule has 72 valence electrons. The van der Waals surface area contributed by atoms with E-state index in [4.69, 9.17) is 10.2 Å². The number of aliphatic hydroxyl groups excluding tert-OH is 1. The Balaban J connectivity index is 2.62. The molecule has 0 aromatic carbocycles. The van der Waals surface area contributed by atoms with Gasteiger partial charge >= 0.3 is 5.97 Å². The largest absolute Gasteiger partial charge is 0.481 e. The van der Waals surface area contributed by atoms with Gasteiger partial charge < -0.3 is 10.2 Å². The molecule has 5 heteroatoms. The third kappa shape index (κ3) is 2.78. The SMILES string of the molecule is Cc1sc(CCC(=O)O)nc1CO. The second-order valence-corrected chi connectivity index (χ2v) is 3.95. The van der Waals surface area contributed by atoms with Gasteiger partial charge in [0.15, 0.2) is 0 Å². The molecule has 1 rings (SSSR count). The van der Waals surface area contributed by atoms with Crippen molar-refractivity contribution in [2.45, 2.75) is 26.4 Å². The van der Waals surface area contributed by atoms with Crippen LogP contribution in [-0.2, 0) is 17.8 Å². The van der Waals surface area contributed by atoms with Crippen molar-refractivity contribution in [2.24, 2.45) is 0 Å². The number of carboxylic acids is 1. The smallest absolute Gasteiger partial charge is 0.303 e. The molecule has 4 nitrogen and oxygen atoms in total. The molecule has 0 saturated carbocycles. The van der Waals surface area contributed by atoms with Crippen LogP contribution in [0.4, 0.5) is 0 Å². The number of aliphatic hydroxyl groups is 1. The van der Waals surface area contributed by atoms with Crippen LogP contribution in [0, 0.1) is 6.92 Å². The average molecular weight is 201 g/mol. The van der Waals surface area contributed by atoms with Gasteiger partial charge in [-0.05, 0) is 6.92 Å². The molecule has 0 spiro atoms. The number of aryl methyl sites for hydroxylation is 2. The Morgan fingerprint density at radius 1 is 1.62 bits per heavy atom. The zero-order valence-corrected chi connectivity index (χ0v) is 8.10. The predicted molar refractivity (Wildman–Crippen MR) is 48.7 cm³/mol. The quantitative estimate of drug-likeness (QED) is 0.761. The number of carbonyl (C=O) groups is 1. The van der Waals surface area contributed by atoms with Crippen molar-refractivity contribution >= 4 is 17.3 Å². The minimum absolute atomic E-state index is 0.0740. The summed E-state index contributed by atoms with van der Waals surface area (Å²) in [4.78, 5) is 15.3. The van der Waals surface area contributed by atoms with Gasteiger partial charge in [-0.1, -0.05) is 0 Å². The molecule has 2 N–H and O–H groups in total. The molecule has 0 radical (unpaired) electrons. The highest BCUT2D eigenvalue weighted by Gasteiger charge is 2.07. The van der Waals surface area contributed by atoms with Crippen LogP contribution in [0.2, 0.25) is 0 Å². The van der Waals surface area contributed by atoms with Crippen LogP contribution in [0.5, 0.6) is 0 Å². The van der Waals surface area contributed by atoms with E-state index in [0.29, 0.717) is 12.1 Å². The molecule has 0 aliphatic heterocycles. The summed E-state index contributed by atoms with van der Waals surface area (Å²) in [6, 6.07) is 0. The zero-order valence-electron chi connectivity index (χ0n) is 7.28. The van der Waals surface area contributed by atoms with Crippen molar-refractivity contribution in [3.05, 3.63) is 15.6 Å². The molecule has 0 unspecified atom stereocenters. The lowest BCUT2D eigenvalue weighted by Gasteiger charge is -1.89. The highest BCUT2D eigenvalue weighted by atomic mass is 32.1. The lowest BCUT2D eigenvalue weighted by Crippen LogP contribution is -1.97. The molecular weight excluding hydrogens is 190 g/mol. The molecule has 1 heterocycles. The number of aromatic nitrogens is 1. The van der Waals surface area contributed by atoms with E-state index < -0.39 is 5.97 Å². The van der Waals surface area contributed by atoms with E-state index in [1.165, 1.54) is 11.3 Å². The van der Waals surface area contributed by atoms with Gasteiger partial charge in [-0.15, -0.1) is 11.3 Å². The first-order valence-electron chi connectivity index (χ1n) is 3.91. The van der Waals surface area contributed by atoms with E-state index in [1.54, 1.807) is 0 Å². The minimum atomic E-state index is -0.821. The van der Waals surface area contributed by atoms with Crippen molar-refractivity contribution in [3.63, 3.8) is 0 Å². The highest BCUT2D eigenvalue weighted by molar-refractivity contribution is 7.11. The Hall–Kier alpha value is -0.940. The van der Waals surface area contributed by atoms with Gasteiger partial charge in [0.2, 0.25) is 0 Å². The summed E-state index contributed by atoms with van der Waals surface area (Å²) in [6.45, 7) is 1.79. The number of aliphatic carboxylic acids is 1. The van der Waals surface area contributed by atoms with Crippen molar-refractivity contribution in [2.75, 3.05) is 0 Å². The van der Waals surface area contributed by atoms with E-state index in [9.17, 15) is 4.79 Å². The van der Waals surface area contributed by atoms with Crippen LogP contribution in [0.1, 0.15) is 22.0 Å². The summed E-state index contributed by atoms with van der Waals surface area (Å²) < 4.78 is 0. The summed E-state index contributed by atoms with van der Waals surface area (Å²) in [5.41, 5.74) is 0.658. The van der Waals surface area contributed by atoms with Gasteiger partial charge in [-0.25, -0.2) is 4.98 Å². The van der Waals surface area contributed by atoms with Crippen LogP contribution in [0.3, 0.4) is 0 Å². The number of nitrogens with zero attached hydrogens (tertiary/aromatic N) is 1. The molecule has 0 atom stereocenters. The monoisotopic (exact) mass is 201 g/mol. The fourth-order valence-electron chi connectivity index (χ4n) is 0.955. The van der Waals surface area contributed by atoms with E-state index in [2.05, 4.69) is 4.98 Å². The van der Waals surface area contributed by atoms with E-state index in [-0.39, 0.29) is 13.0 Å². The lowest BCUT2D eigenvalue weighted by molar-refractivity contribution is -0.136. The molecule has 13 heavy (non-hydrogen) atoms. The second kappa shape index (κ2) is 4.34. The average Bonchev–Trinajstić information content (AvgIpc) is 2.43. The van der Waals surface area contributed by atoms with Gasteiger partial charge in [-0.3, -0.25) is 4.79 Å². The maximum Gasteiger partial charge on any atom is 0.303 e. The minimum Gasteiger partial charge on any atom is -0.481 e. The van der Waals surface area contributed by atoms with E-state index in [0.717, 1.165) is 9.88 Å². The molecule has 1 aromatic heterocycles. The number of thiazole rings is 1. The van der Waals surface area contributed by atoms with Crippen LogP contribution in [0.25, 0.3) is 0 Å². The summed E-state index contributed by atoms with van der Waals surface area (Å²) in [5, 5.41) is 18.1. The molecule has 0 fully saturated rings. The van der Waals surface area contributed by atoms with Gasteiger partial charge in [-0.2, -0.15) is 0 Å². The molecule has 0 amide bonds. The first-order chi connectivity index (χ1) is 6.13. The first-order valence-corrected chi connectivity index (χ1v) is 4.73. The van der Waals surface area contributed by atoms with Gasteiger partial charge in [0.25, 0.3) is 0 Å². The van der Waals surface area contributed by atoms with E-state index in [1.807, 2.05) is 6.92 Å². The summed E-state index contributed by atoms with van der Waals surface area (Å²) in [5.74, 6) is -0.821. The molecule has 0 bridgehead atoms. The third-order valence-electron chi connectivity index (χ3n) is 1.64. The standard InChI is InChI=1S/C8H11NO3S/c1-5-6(4-10)9-7(13-5)2-3-8(11)12/h10H,2-4H2,1H3,(H,11,12). The molecule has 0 aliphatic carbocycles. The molecular formula is C8H11NO3S. The van der Waals surface area contributed by atoms with Crippen molar-refractivity contribution < 1.29 is 15.0 Å². The Morgan fingerprint density at radius 3 is 2.77 bits per heavy atom. The maximum absolute atomic E-state index is 10.3. The van der Waals surface area contributed by atoms with Gasteiger partial charge in [0, 0.05) is 11.3 Å². The van der Waals surface area contributed by atoms with Crippen LogP contribution in [0.15, 0.2) is 0 Å². The highest BCUT2D eigenvalue weighted by Crippen LogP contribution is 2.18. The fraction of sp³-hybridized carbons (Fsp3) is 0.500. The van der Waals surface area contributed by atoms with Crippen molar-refractivity contribution in [1.29, 1.82) is 0 Å². The first kappa shape index (κ1) is 10.1. The fourth-order valence-corrected chi connectivity index (χ4v) is 1.90. The second-order valence-electron chi connectivity index (χ2n) is 2.66. The zero-order chi connectivity index (χ0) is 9.84. The number of rotatable bonds is 4. The normalized spacial score (nSPS) is 10.3.